The summed E-state index contributed by atoms with van der Waals surface area (Å²) in [6.07, 6.45) is 1.16. The van der Waals surface area contributed by atoms with Crippen LogP contribution in [0.5, 0.6) is 0 Å². The Morgan fingerprint density at radius 3 is 2.48 bits per heavy atom. The summed E-state index contributed by atoms with van der Waals surface area (Å²) in [4.78, 5) is 2.10. The van der Waals surface area contributed by atoms with E-state index in [1.54, 1.807) is 6.07 Å². The molecule has 112 valence electrons. The number of rotatable bonds is 4. The maximum Gasteiger partial charge on any atom is 0.177 e. The molecule has 0 fully saturated rings. The SMILES string of the molecule is CN(Cc1cccc(Br)c1)c1cccc(S(C)(=O)=O)c1N. The lowest BCUT2D eigenvalue weighted by molar-refractivity contribution is 0.602. The van der Waals surface area contributed by atoms with Gasteiger partial charge in [-0.05, 0) is 29.8 Å². The molecule has 4 nitrogen and oxygen atoms in total. The summed E-state index contributed by atoms with van der Waals surface area (Å²) in [5.41, 5.74) is 8.13. The van der Waals surface area contributed by atoms with E-state index < -0.39 is 9.84 Å². The van der Waals surface area contributed by atoms with Crippen LogP contribution >= 0.6 is 15.9 Å². The number of benzene rings is 2. The summed E-state index contributed by atoms with van der Waals surface area (Å²) in [6, 6.07) is 13.0. The Kier molecular flexibility index (Phi) is 4.58. The van der Waals surface area contributed by atoms with E-state index in [0.29, 0.717) is 12.2 Å². The first-order valence-corrected chi connectivity index (χ1v) is 9.01. The topological polar surface area (TPSA) is 63.4 Å². The molecule has 6 heteroatoms. The smallest absolute Gasteiger partial charge is 0.177 e. The van der Waals surface area contributed by atoms with E-state index >= 15 is 0 Å². The van der Waals surface area contributed by atoms with Gasteiger partial charge in [-0.15, -0.1) is 0 Å². The molecular weight excluding hydrogens is 352 g/mol. The van der Waals surface area contributed by atoms with Crippen molar-refractivity contribution >= 4 is 37.1 Å². The molecular formula is C15H17BrN2O2S. The molecule has 2 N–H and O–H groups in total. The Bertz CT molecular complexity index is 760. The van der Waals surface area contributed by atoms with Gasteiger partial charge in [0, 0.05) is 24.3 Å². The van der Waals surface area contributed by atoms with Crippen LogP contribution in [-0.2, 0) is 16.4 Å². The first-order chi connectivity index (χ1) is 9.79. The van der Waals surface area contributed by atoms with Crippen LogP contribution in [0.15, 0.2) is 51.8 Å². The minimum Gasteiger partial charge on any atom is -0.396 e. The molecule has 0 aliphatic rings. The molecule has 0 bridgehead atoms. The monoisotopic (exact) mass is 368 g/mol. The molecule has 0 amide bonds. The van der Waals surface area contributed by atoms with E-state index in [1.807, 2.05) is 42.3 Å². The van der Waals surface area contributed by atoms with Gasteiger partial charge in [-0.2, -0.15) is 0 Å². The summed E-state index contributed by atoms with van der Waals surface area (Å²) in [6.45, 7) is 0.636. The van der Waals surface area contributed by atoms with E-state index in [-0.39, 0.29) is 10.6 Å². The highest BCUT2D eigenvalue weighted by Crippen LogP contribution is 2.30. The minimum absolute atomic E-state index is 0.168. The normalized spacial score (nSPS) is 11.4. The third-order valence-electron chi connectivity index (χ3n) is 3.16. The van der Waals surface area contributed by atoms with Crippen molar-refractivity contribution in [1.29, 1.82) is 0 Å². The van der Waals surface area contributed by atoms with E-state index in [1.165, 1.54) is 6.07 Å². The fourth-order valence-electron chi connectivity index (χ4n) is 2.18. The molecule has 2 aromatic rings. The lowest BCUT2D eigenvalue weighted by atomic mass is 10.2. The van der Waals surface area contributed by atoms with Crippen molar-refractivity contribution in [3.63, 3.8) is 0 Å². The number of hydrogen-bond donors (Lipinski definition) is 1. The Morgan fingerprint density at radius 1 is 1.19 bits per heavy atom. The highest BCUT2D eigenvalue weighted by molar-refractivity contribution is 9.10. The van der Waals surface area contributed by atoms with Gasteiger partial charge in [0.2, 0.25) is 0 Å². The zero-order valence-corrected chi connectivity index (χ0v) is 14.3. The predicted molar refractivity (Wildman–Crippen MR) is 90.2 cm³/mol. The van der Waals surface area contributed by atoms with Crippen molar-refractivity contribution in [3.05, 3.63) is 52.5 Å². The summed E-state index contributed by atoms with van der Waals surface area (Å²) < 4.78 is 24.5. The molecule has 0 saturated heterocycles. The van der Waals surface area contributed by atoms with Crippen molar-refractivity contribution in [2.75, 3.05) is 23.9 Å². The average molecular weight is 369 g/mol. The maximum atomic E-state index is 11.7. The fraction of sp³-hybridized carbons (Fsp3) is 0.200. The molecule has 21 heavy (non-hydrogen) atoms. The van der Waals surface area contributed by atoms with E-state index in [4.69, 9.17) is 5.73 Å². The lowest BCUT2D eigenvalue weighted by Gasteiger charge is -2.22. The predicted octanol–water partition coefficient (Wildman–Crippen LogP) is 3.07. The second kappa shape index (κ2) is 6.07. The molecule has 0 aromatic heterocycles. The zero-order chi connectivity index (χ0) is 15.6. The molecule has 2 aromatic carbocycles. The van der Waals surface area contributed by atoms with Gasteiger partial charge >= 0.3 is 0 Å². The van der Waals surface area contributed by atoms with Gasteiger partial charge in [0.05, 0.1) is 16.3 Å². The molecule has 0 unspecified atom stereocenters. The number of nitrogens with two attached hydrogens (primary N) is 1. The zero-order valence-electron chi connectivity index (χ0n) is 11.9. The van der Waals surface area contributed by atoms with Gasteiger partial charge in [0.1, 0.15) is 0 Å². The van der Waals surface area contributed by atoms with Crippen LogP contribution in [0.1, 0.15) is 5.56 Å². The molecule has 0 aliphatic heterocycles. The number of anilines is 2. The Balaban J connectivity index is 2.34. The number of hydrogen-bond acceptors (Lipinski definition) is 4. The number of para-hydroxylation sites is 1. The molecule has 0 aliphatic carbocycles. The Hall–Kier alpha value is -1.53. The van der Waals surface area contributed by atoms with Gasteiger partial charge in [-0.25, -0.2) is 8.42 Å². The van der Waals surface area contributed by atoms with Crippen LogP contribution in [0.25, 0.3) is 0 Å². The second-order valence-electron chi connectivity index (χ2n) is 4.95. The van der Waals surface area contributed by atoms with Crippen molar-refractivity contribution in [2.24, 2.45) is 0 Å². The Morgan fingerprint density at radius 2 is 1.86 bits per heavy atom. The maximum absolute atomic E-state index is 11.7. The third-order valence-corrected chi connectivity index (χ3v) is 4.81. The van der Waals surface area contributed by atoms with Crippen LogP contribution in [-0.4, -0.2) is 21.7 Å². The molecule has 0 radical (unpaired) electrons. The van der Waals surface area contributed by atoms with E-state index in [9.17, 15) is 8.42 Å². The van der Waals surface area contributed by atoms with Gasteiger partial charge < -0.3 is 10.6 Å². The van der Waals surface area contributed by atoms with Crippen LogP contribution in [0.3, 0.4) is 0 Å². The van der Waals surface area contributed by atoms with E-state index in [0.717, 1.165) is 16.3 Å². The van der Waals surface area contributed by atoms with Crippen molar-refractivity contribution in [3.8, 4) is 0 Å². The summed E-state index contributed by atoms with van der Waals surface area (Å²) in [5.74, 6) is 0. The van der Waals surface area contributed by atoms with Gasteiger partial charge in [-0.3, -0.25) is 0 Å². The lowest BCUT2D eigenvalue weighted by Crippen LogP contribution is -2.19. The van der Waals surface area contributed by atoms with Gasteiger partial charge in [-0.1, -0.05) is 34.1 Å². The van der Waals surface area contributed by atoms with Crippen LogP contribution in [0.4, 0.5) is 11.4 Å². The second-order valence-corrected chi connectivity index (χ2v) is 7.85. The van der Waals surface area contributed by atoms with Crippen LogP contribution in [0, 0.1) is 0 Å². The summed E-state index contributed by atoms with van der Waals surface area (Å²) in [5, 5.41) is 0. The van der Waals surface area contributed by atoms with Crippen LogP contribution < -0.4 is 10.6 Å². The Labute approximate surface area is 133 Å². The van der Waals surface area contributed by atoms with Crippen molar-refractivity contribution in [2.45, 2.75) is 11.4 Å². The molecule has 0 atom stereocenters. The largest absolute Gasteiger partial charge is 0.396 e. The number of nitrogen functional groups attached to an aromatic ring is 1. The minimum atomic E-state index is -3.33. The highest BCUT2D eigenvalue weighted by atomic mass is 79.9. The summed E-state index contributed by atoms with van der Waals surface area (Å²) in [7, 11) is -1.44. The average Bonchev–Trinajstić information content (AvgIpc) is 2.37. The third kappa shape index (κ3) is 3.77. The quantitative estimate of drug-likeness (QED) is 0.842. The number of halogens is 1. The van der Waals surface area contributed by atoms with Crippen molar-refractivity contribution < 1.29 is 8.42 Å². The fourth-order valence-corrected chi connectivity index (χ4v) is 3.46. The standard InChI is InChI=1S/C15H17BrN2O2S/c1-18(10-11-5-3-6-12(16)9-11)13-7-4-8-14(15(13)17)21(2,19)20/h3-9H,10,17H2,1-2H3. The van der Waals surface area contributed by atoms with E-state index in [2.05, 4.69) is 15.9 Å². The van der Waals surface area contributed by atoms with Crippen molar-refractivity contribution in [1.82, 2.24) is 0 Å². The summed E-state index contributed by atoms with van der Waals surface area (Å²) >= 11 is 3.44. The molecule has 0 heterocycles. The number of sulfone groups is 1. The molecule has 2 rings (SSSR count). The van der Waals surface area contributed by atoms with Crippen LogP contribution in [0.2, 0.25) is 0 Å². The highest BCUT2D eigenvalue weighted by Gasteiger charge is 2.16. The van der Waals surface area contributed by atoms with Gasteiger partial charge in [0.25, 0.3) is 0 Å². The van der Waals surface area contributed by atoms with Gasteiger partial charge in [0.15, 0.2) is 9.84 Å². The number of nitrogens with zero attached hydrogens (tertiary/aromatic N) is 1. The molecule has 0 spiro atoms. The molecule has 0 saturated carbocycles. The first kappa shape index (κ1) is 15.9. The first-order valence-electron chi connectivity index (χ1n) is 6.33.